The van der Waals surface area contributed by atoms with Gasteiger partial charge >= 0.3 is 7.82 Å². The smallest absolute Gasteiger partial charge is 0.386 e. The first-order valence-electron chi connectivity index (χ1n) is 24.8. The molecular weight excluding hydrogens is 792 g/mol. The molecule has 3 aromatic carbocycles. The van der Waals surface area contributed by atoms with Crippen molar-refractivity contribution in [1.82, 2.24) is 0 Å². The molecule has 3 atom stereocenters. The minimum absolute atomic E-state index is 0.158. The Hall–Kier alpha value is -3.43. The fourth-order valence-corrected chi connectivity index (χ4v) is 8.88. The van der Waals surface area contributed by atoms with Gasteiger partial charge in [-0.2, -0.15) is 4.57 Å². The molecule has 10 nitrogen and oxygen atoms in total. The third kappa shape index (κ3) is 25.0. The number of anilines is 3. The minimum Gasteiger partial charge on any atom is -0.386 e. The third-order valence-electron chi connectivity index (χ3n) is 11.4. The van der Waals surface area contributed by atoms with Crippen LogP contribution in [0.1, 0.15) is 194 Å². The molecule has 0 aromatic heterocycles. The highest BCUT2D eigenvalue weighted by Gasteiger charge is 2.33. The van der Waals surface area contributed by atoms with Crippen molar-refractivity contribution >= 4 is 24.9 Å². The third-order valence-corrected chi connectivity index (χ3v) is 12.7. The Morgan fingerprint density at radius 2 is 0.581 bits per heavy atom. The summed E-state index contributed by atoms with van der Waals surface area (Å²) in [5.41, 5.74) is 21.8. The average molecular weight is 879 g/mol. The van der Waals surface area contributed by atoms with E-state index in [0.29, 0.717) is 17.2 Å². The van der Waals surface area contributed by atoms with Crippen molar-refractivity contribution in [3.05, 3.63) is 72.8 Å². The number of nitrogens with one attached hydrogen (secondary N) is 3. The first-order valence-corrected chi connectivity index (χ1v) is 26.2. The van der Waals surface area contributed by atoms with Crippen LogP contribution >= 0.6 is 7.82 Å². The maximum absolute atomic E-state index is 14.5. The van der Waals surface area contributed by atoms with Gasteiger partial charge in [-0.3, -0.25) is 0 Å². The Balaban J connectivity index is 1.57. The normalized spacial score (nSPS) is 13.8. The second kappa shape index (κ2) is 33.1. The highest BCUT2D eigenvalue weighted by Crippen LogP contribution is 2.50. The van der Waals surface area contributed by atoms with Gasteiger partial charge in [0.1, 0.15) is 17.2 Å². The van der Waals surface area contributed by atoms with Gasteiger partial charge in [-0.25, -0.2) is 0 Å². The molecule has 0 heterocycles. The Morgan fingerprint density at radius 1 is 0.371 bits per heavy atom. The van der Waals surface area contributed by atoms with Gasteiger partial charge in [0.05, 0.1) is 18.5 Å². The molecule has 11 heteroatoms. The SMILES string of the molecule is CCCCCCCCCCC(N)Nc1ccc(OP(=O)(Oc2ccc(NC(N)CCCCCCCCCC)cc2)Oc2ccc(NC(N)CCCCCCCCCC)cc2)cc1. The fourth-order valence-electron chi connectivity index (χ4n) is 7.63. The summed E-state index contributed by atoms with van der Waals surface area (Å²) in [7, 11) is -4.24. The van der Waals surface area contributed by atoms with E-state index >= 15 is 0 Å². The van der Waals surface area contributed by atoms with Gasteiger partial charge in [0.2, 0.25) is 0 Å². The second-order valence-electron chi connectivity index (χ2n) is 17.3. The number of hydrogen-bond donors (Lipinski definition) is 6. The number of unbranched alkanes of at least 4 members (excludes halogenated alkanes) is 21. The Bertz CT molecular complexity index is 1380. The summed E-state index contributed by atoms with van der Waals surface area (Å²) in [5, 5.41) is 10.1. The van der Waals surface area contributed by atoms with Crippen molar-refractivity contribution in [2.45, 2.75) is 213 Å². The van der Waals surface area contributed by atoms with Crippen LogP contribution in [0.5, 0.6) is 17.2 Å². The molecule has 0 fully saturated rings. The zero-order valence-electron chi connectivity index (χ0n) is 39.1. The zero-order chi connectivity index (χ0) is 44.5. The first kappa shape index (κ1) is 52.9. The largest absolute Gasteiger partial charge is 0.647 e. The highest BCUT2D eigenvalue weighted by atomic mass is 31.2. The number of hydrogen-bond acceptors (Lipinski definition) is 10. The van der Waals surface area contributed by atoms with E-state index in [9.17, 15) is 4.57 Å². The first-order chi connectivity index (χ1) is 30.2. The molecular formula is C51H87N6O4P. The summed E-state index contributed by atoms with van der Waals surface area (Å²) in [6.45, 7) is 6.75. The van der Waals surface area contributed by atoms with Gasteiger partial charge in [-0.05, 0) is 92.1 Å². The summed E-state index contributed by atoms with van der Waals surface area (Å²) >= 11 is 0. The molecule has 0 saturated heterocycles. The lowest BCUT2D eigenvalue weighted by molar-refractivity contribution is 0.298. The van der Waals surface area contributed by atoms with Crippen LogP contribution in [-0.4, -0.2) is 18.5 Å². The lowest BCUT2D eigenvalue weighted by atomic mass is 10.1. The van der Waals surface area contributed by atoms with E-state index in [4.69, 9.17) is 30.8 Å². The Labute approximate surface area is 377 Å². The van der Waals surface area contributed by atoms with E-state index in [-0.39, 0.29) is 18.5 Å². The number of benzene rings is 3. The van der Waals surface area contributed by atoms with E-state index in [1.165, 1.54) is 135 Å². The molecule has 3 unspecified atom stereocenters. The van der Waals surface area contributed by atoms with Crippen LogP contribution in [0, 0.1) is 0 Å². The van der Waals surface area contributed by atoms with E-state index in [1.807, 2.05) is 36.4 Å². The van der Waals surface area contributed by atoms with Crippen LogP contribution in [0.3, 0.4) is 0 Å². The molecule has 350 valence electrons. The molecule has 0 radical (unpaired) electrons. The molecule has 0 aliphatic heterocycles. The van der Waals surface area contributed by atoms with Crippen LogP contribution in [0.4, 0.5) is 17.1 Å². The predicted octanol–water partition coefficient (Wildman–Crippen LogP) is 15.0. The van der Waals surface area contributed by atoms with Crippen LogP contribution < -0.4 is 46.7 Å². The number of phosphoric acid groups is 1. The lowest BCUT2D eigenvalue weighted by Gasteiger charge is -2.21. The van der Waals surface area contributed by atoms with E-state index in [1.54, 1.807) is 36.4 Å². The maximum Gasteiger partial charge on any atom is 0.647 e. The van der Waals surface area contributed by atoms with Gasteiger partial charge in [-0.15, -0.1) is 0 Å². The molecule has 9 N–H and O–H groups in total. The van der Waals surface area contributed by atoms with Crippen molar-refractivity contribution in [3.8, 4) is 17.2 Å². The topological polar surface area (TPSA) is 159 Å². The van der Waals surface area contributed by atoms with Crippen molar-refractivity contribution in [1.29, 1.82) is 0 Å². The summed E-state index contributed by atoms with van der Waals surface area (Å²) in [6.07, 6.45) is 32.6. The summed E-state index contributed by atoms with van der Waals surface area (Å²) < 4.78 is 32.6. The van der Waals surface area contributed by atoms with Gasteiger partial charge < -0.3 is 46.7 Å². The highest BCUT2D eigenvalue weighted by molar-refractivity contribution is 7.49. The molecule has 0 spiro atoms. The number of nitrogens with two attached hydrogens (primary N) is 3. The maximum atomic E-state index is 14.5. The molecule has 0 aliphatic carbocycles. The zero-order valence-corrected chi connectivity index (χ0v) is 40.0. The molecule has 0 aliphatic rings. The van der Waals surface area contributed by atoms with Crippen molar-refractivity contribution in [3.63, 3.8) is 0 Å². The molecule has 3 rings (SSSR count). The van der Waals surface area contributed by atoms with Crippen molar-refractivity contribution in [2.24, 2.45) is 17.2 Å². The van der Waals surface area contributed by atoms with E-state index < -0.39 is 7.82 Å². The Morgan fingerprint density at radius 3 is 0.806 bits per heavy atom. The summed E-state index contributed by atoms with van der Waals surface area (Å²) in [5.74, 6) is 1.02. The summed E-state index contributed by atoms with van der Waals surface area (Å²) in [4.78, 5) is 0. The van der Waals surface area contributed by atoms with Crippen molar-refractivity contribution < 1.29 is 18.1 Å². The minimum atomic E-state index is -4.24. The average Bonchev–Trinajstić information content (AvgIpc) is 3.26. The van der Waals surface area contributed by atoms with E-state index in [2.05, 4.69) is 36.7 Å². The molecule has 0 saturated carbocycles. The summed E-state index contributed by atoms with van der Waals surface area (Å²) in [6, 6.07) is 21.6. The van der Waals surface area contributed by atoms with Gasteiger partial charge in [0.15, 0.2) is 0 Å². The van der Waals surface area contributed by atoms with Gasteiger partial charge in [0, 0.05) is 17.1 Å². The van der Waals surface area contributed by atoms with Gasteiger partial charge in [0.25, 0.3) is 0 Å². The van der Waals surface area contributed by atoms with Crippen molar-refractivity contribution in [2.75, 3.05) is 16.0 Å². The monoisotopic (exact) mass is 879 g/mol. The number of rotatable bonds is 39. The molecule has 0 amide bonds. The standard InChI is InChI=1S/C51H87N6O4P/c1-4-7-10-13-16-19-22-25-28-49(52)55-43-31-37-46(38-32-43)59-62(58,60-47-39-33-44(34-40-47)56-50(53)29-26-23-20-17-14-11-8-5-2)61-48-41-35-45(36-42-48)57-51(54)30-27-24-21-18-15-12-9-6-3/h31-42,49-51,55-57H,4-30,52-54H2,1-3H3. The fraction of sp³-hybridized carbons (Fsp3) is 0.647. The molecule has 0 bridgehead atoms. The molecule has 62 heavy (non-hydrogen) atoms. The van der Waals surface area contributed by atoms with E-state index in [0.717, 1.165) is 55.6 Å². The van der Waals surface area contributed by atoms with Crippen LogP contribution in [0.15, 0.2) is 72.8 Å². The van der Waals surface area contributed by atoms with Crippen LogP contribution in [0.2, 0.25) is 0 Å². The number of phosphoric ester groups is 1. The Kier molecular flexibility index (Phi) is 28.3. The van der Waals surface area contributed by atoms with Crippen LogP contribution in [-0.2, 0) is 4.57 Å². The second-order valence-corrected chi connectivity index (χ2v) is 18.8. The lowest BCUT2D eigenvalue weighted by Crippen LogP contribution is -2.29. The van der Waals surface area contributed by atoms with Crippen LogP contribution in [0.25, 0.3) is 0 Å². The molecule has 3 aromatic rings. The quantitative estimate of drug-likeness (QED) is 0.0185. The predicted molar refractivity (Wildman–Crippen MR) is 265 cm³/mol. The van der Waals surface area contributed by atoms with Gasteiger partial charge in [-0.1, -0.05) is 175 Å².